The van der Waals surface area contributed by atoms with Crippen LogP contribution >= 0.6 is 0 Å². The fourth-order valence-electron chi connectivity index (χ4n) is 3.51. The molecule has 1 aliphatic heterocycles. The Hall–Kier alpha value is -3.22. The van der Waals surface area contributed by atoms with Gasteiger partial charge in [0.15, 0.2) is 0 Å². The molecule has 1 atom stereocenters. The lowest BCUT2D eigenvalue weighted by Gasteiger charge is -2.26. The van der Waals surface area contributed by atoms with E-state index in [0.29, 0.717) is 30.7 Å². The van der Waals surface area contributed by atoms with Gasteiger partial charge in [0.1, 0.15) is 11.6 Å². The number of carbonyl (C=O) groups excluding carboxylic acids is 1. The lowest BCUT2D eigenvalue weighted by Crippen LogP contribution is -2.25. The van der Waals surface area contributed by atoms with E-state index in [4.69, 9.17) is 4.74 Å². The summed E-state index contributed by atoms with van der Waals surface area (Å²) < 4.78 is 7.65. The molecule has 1 amide bonds. The lowest BCUT2D eigenvalue weighted by molar-refractivity contribution is -0.116. The molecule has 144 valence electrons. The van der Waals surface area contributed by atoms with Crippen molar-refractivity contribution < 1.29 is 9.53 Å². The second kappa shape index (κ2) is 7.42. The third kappa shape index (κ3) is 3.35. The number of nitrogens with one attached hydrogen (secondary N) is 1. The first-order valence-electron chi connectivity index (χ1n) is 9.43. The number of aromatic nitrogens is 4. The summed E-state index contributed by atoms with van der Waals surface area (Å²) >= 11 is 0. The molecule has 7 nitrogen and oxygen atoms in total. The van der Waals surface area contributed by atoms with E-state index in [1.54, 1.807) is 23.1 Å². The van der Waals surface area contributed by atoms with Gasteiger partial charge in [-0.05, 0) is 25.0 Å². The van der Waals surface area contributed by atoms with E-state index in [0.717, 1.165) is 22.6 Å². The van der Waals surface area contributed by atoms with E-state index in [2.05, 4.69) is 34.2 Å². The van der Waals surface area contributed by atoms with E-state index < -0.39 is 0 Å². The molecular formula is C21H23N5O2. The smallest absolute Gasteiger partial charge is 0.252 e. The first-order valence-corrected chi connectivity index (χ1v) is 9.43. The van der Waals surface area contributed by atoms with Crippen molar-refractivity contribution in [2.24, 2.45) is 5.92 Å². The second-order valence-electron chi connectivity index (χ2n) is 7.36. The van der Waals surface area contributed by atoms with E-state index in [1.807, 2.05) is 31.2 Å². The highest BCUT2D eigenvalue weighted by Crippen LogP contribution is 2.42. The Morgan fingerprint density at radius 1 is 1.21 bits per heavy atom. The molecule has 0 saturated carbocycles. The van der Waals surface area contributed by atoms with Crippen molar-refractivity contribution >= 4 is 11.7 Å². The van der Waals surface area contributed by atoms with Crippen molar-refractivity contribution in [1.29, 1.82) is 0 Å². The maximum Gasteiger partial charge on any atom is 0.252 e. The average molecular weight is 377 g/mol. The highest BCUT2D eigenvalue weighted by molar-refractivity contribution is 5.95. The molecule has 2 aromatic heterocycles. The monoisotopic (exact) mass is 377 g/mol. The van der Waals surface area contributed by atoms with Crippen LogP contribution in [0, 0.1) is 12.8 Å². The normalized spacial score (nSPS) is 16.0. The number of aryl methyl sites for hydroxylation is 1. The fourth-order valence-corrected chi connectivity index (χ4v) is 3.51. The number of anilines is 1. The van der Waals surface area contributed by atoms with Crippen LogP contribution in [0.5, 0.6) is 5.75 Å². The standard InChI is InChI=1S/C21H23N5O2/c1-13(2)12-28-17-8-5-4-7-15(17)16-11-18(27)24-20-19(16)14(3)25-26(20)21-22-9-6-10-23-21/h4-10,13,16H,11-12H2,1-3H3,(H,24,27)/t16-/m1/s1. The summed E-state index contributed by atoms with van der Waals surface area (Å²) in [5, 5.41) is 7.57. The minimum Gasteiger partial charge on any atom is -0.493 e. The van der Waals surface area contributed by atoms with Crippen LogP contribution in [0.15, 0.2) is 42.7 Å². The van der Waals surface area contributed by atoms with Gasteiger partial charge in [0.2, 0.25) is 5.91 Å². The van der Waals surface area contributed by atoms with Crippen molar-refractivity contribution in [3.8, 4) is 11.7 Å². The molecule has 0 aliphatic carbocycles. The third-order valence-electron chi connectivity index (χ3n) is 4.71. The highest BCUT2D eigenvalue weighted by Gasteiger charge is 2.34. The molecule has 0 bridgehead atoms. The Morgan fingerprint density at radius 3 is 2.71 bits per heavy atom. The SMILES string of the molecule is Cc1nn(-c2ncccn2)c2c1[C@@H](c1ccccc1OCC(C)C)CC(=O)N2. The van der Waals surface area contributed by atoms with E-state index in [9.17, 15) is 4.79 Å². The summed E-state index contributed by atoms with van der Waals surface area (Å²) in [5.74, 6) is 2.08. The Bertz CT molecular complexity index is 997. The van der Waals surface area contributed by atoms with Crippen molar-refractivity contribution in [3.63, 3.8) is 0 Å². The molecule has 0 saturated heterocycles. The van der Waals surface area contributed by atoms with Gasteiger partial charge in [-0.25, -0.2) is 9.97 Å². The summed E-state index contributed by atoms with van der Waals surface area (Å²) in [4.78, 5) is 21.1. The predicted molar refractivity (Wildman–Crippen MR) is 106 cm³/mol. The zero-order valence-electron chi connectivity index (χ0n) is 16.2. The zero-order valence-corrected chi connectivity index (χ0v) is 16.2. The van der Waals surface area contributed by atoms with Gasteiger partial charge in [-0.2, -0.15) is 9.78 Å². The topological polar surface area (TPSA) is 81.9 Å². The third-order valence-corrected chi connectivity index (χ3v) is 4.71. The van der Waals surface area contributed by atoms with Gasteiger partial charge < -0.3 is 10.1 Å². The van der Waals surface area contributed by atoms with Crippen LogP contribution in [-0.2, 0) is 4.79 Å². The van der Waals surface area contributed by atoms with Crippen LogP contribution < -0.4 is 10.1 Å². The zero-order chi connectivity index (χ0) is 19.7. The van der Waals surface area contributed by atoms with E-state index in [1.165, 1.54) is 0 Å². The van der Waals surface area contributed by atoms with Crippen molar-refractivity contribution in [1.82, 2.24) is 19.7 Å². The number of benzene rings is 1. The summed E-state index contributed by atoms with van der Waals surface area (Å²) in [6.07, 6.45) is 3.66. The number of ether oxygens (including phenoxy) is 1. The fraction of sp³-hybridized carbons (Fsp3) is 0.333. The number of fused-ring (bicyclic) bond motifs is 1. The van der Waals surface area contributed by atoms with Crippen molar-refractivity contribution in [2.45, 2.75) is 33.1 Å². The van der Waals surface area contributed by atoms with Crippen LogP contribution in [0.4, 0.5) is 5.82 Å². The van der Waals surface area contributed by atoms with E-state index in [-0.39, 0.29) is 11.8 Å². The molecule has 3 heterocycles. The number of hydrogen-bond donors (Lipinski definition) is 1. The number of para-hydroxylation sites is 1. The predicted octanol–water partition coefficient (Wildman–Crippen LogP) is 3.48. The van der Waals surface area contributed by atoms with Gasteiger partial charge >= 0.3 is 0 Å². The average Bonchev–Trinajstić information content (AvgIpc) is 3.03. The summed E-state index contributed by atoms with van der Waals surface area (Å²) in [6, 6.07) is 9.67. The molecule has 0 unspecified atom stereocenters. The van der Waals surface area contributed by atoms with Crippen LogP contribution in [0.25, 0.3) is 5.95 Å². The highest BCUT2D eigenvalue weighted by atomic mass is 16.5. The number of nitrogens with zero attached hydrogens (tertiary/aromatic N) is 4. The minimum absolute atomic E-state index is 0.0618. The summed E-state index contributed by atoms with van der Waals surface area (Å²) in [7, 11) is 0. The number of carbonyl (C=O) groups is 1. The summed E-state index contributed by atoms with van der Waals surface area (Å²) in [5.41, 5.74) is 2.81. The molecule has 1 N–H and O–H groups in total. The Kier molecular flexibility index (Phi) is 4.81. The van der Waals surface area contributed by atoms with Crippen molar-refractivity contribution in [2.75, 3.05) is 11.9 Å². The van der Waals surface area contributed by atoms with Crippen molar-refractivity contribution in [3.05, 3.63) is 59.5 Å². The van der Waals surface area contributed by atoms with Crippen LogP contribution in [0.3, 0.4) is 0 Å². The Labute approximate surface area is 163 Å². The largest absolute Gasteiger partial charge is 0.493 e. The van der Waals surface area contributed by atoms with Crippen LogP contribution in [-0.4, -0.2) is 32.3 Å². The van der Waals surface area contributed by atoms with Gasteiger partial charge in [0, 0.05) is 35.9 Å². The molecule has 3 aromatic rings. The van der Waals surface area contributed by atoms with Crippen LogP contribution in [0.1, 0.15) is 43.0 Å². The quantitative estimate of drug-likeness (QED) is 0.736. The molecular weight excluding hydrogens is 354 g/mol. The molecule has 1 aromatic carbocycles. The first kappa shape index (κ1) is 18.2. The van der Waals surface area contributed by atoms with Gasteiger partial charge in [-0.3, -0.25) is 4.79 Å². The number of amides is 1. The Balaban J connectivity index is 1.81. The Morgan fingerprint density at radius 2 is 1.96 bits per heavy atom. The van der Waals surface area contributed by atoms with Gasteiger partial charge in [-0.1, -0.05) is 32.0 Å². The minimum atomic E-state index is -0.135. The first-order chi connectivity index (χ1) is 13.5. The molecule has 0 fully saturated rings. The van der Waals surface area contributed by atoms with Crippen LogP contribution in [0.2, 0.25) is 0 Å². The van der Waals surface area contributed by atoms with Gasteiger partial charge in [0.25, 0.3) is 5.95 Å². The molecule has 28 heavy (non-hydrogen) atoms. The van der Waals surface area contributed by atoms with Gasteiger partial charge in [-0.15, -0.1) is 0 Å². The lowest BCUT2D eigenvalue weighted by atomic mass is 9.85. The summed E-state index contributed by atoms with van der Waals surface area (Å²) in [6.45, 7) is 6.80. The molecule has 1 aliphatic rings. The maximum absolute atomic E-state index is 12.5. The molecule has 0 spiro atoms. The number of hydrogen-bond acceptors (Lipinski definition) is 5. The van der Waals surface area contributed by atoms with Gasteiger partial charge in [0.05, 0.1) is 12.3 Å². The van der Waals surface area contributed by atoms with E-state index >= 15 is 0 Å². The number of rotatable bonds is 5. The molecule has 7 heteroatoms. The maximum atomic E-state index is 12.5. The molecule has 0 radical (unpaired) electrons. The second-order valence-corrected chi connectivity index (χ2v) is 7.36. The molecule has 4 rings (SSSR count).